The topological polar surface area (TPSA) is 67.7 Å². The van der Waals surface area contributed by atoms with Gasteiger partial charge in [0.15, 0.2) is 0 Å². The van der Waals surface area contributed by atoms with Gasteiger partial charge >= 0.3 is 0 Å². The zero-order valence-electron chi connectivity index (χ0n) is 17.9. The molecule has 6 rings (SSSR count). The molecule has 1 aliphatic heterocycles. The molecule has 6 nitrogen and oxygen atoms in total. The van der Waals surface area contributed by atoms with Gasteiger partial charge in [-0.2, -0.15) is 4.98 Å². The lowest BCUT2D eigenvalue weighted by Crippen LogP contribution is -2.23. The molecule has 2 N–H and O–H groups in total. The fourth-order valence-corrected chi connectivity index (χ4v) is 5.25. The highest BCUT2D eigenvalue weighted by Gasteiger charge is 2.24. The minimum Gasteiger partial charge on any atom is -0.322 e. The molecule has 0 unspecified atom stereocenters. The van der Waals surface area contributed by atoms with Crippen molar-refractivity contribution in [3.05, 3.63) is 53.9 Å². The molecule has 6 heteroatoms. The van der Waals surface area contributed by atoms with E-state index in [0.29, 0.717) is 12.0 Å². The highest BCUT2D eigenvalue weighted by atomic mass is 15.2. The average molecular weight is 413 g/mol. The third kappa shape index (κ3) is 3.35. The predicted octanol–water partition coefficient (Wildman–Crippen LogP) is 5.12. The lowest BCUT2D eigenvalue weighted by molar-refractivity contribution is 0.298. The number of hydrogen-bond donors (Lipinski definition) is 2. The van der Waals surface area contributed by atoms with E-state index in [4.69, 9.17) is 4.98 Å². The quantitative estimate of drug-likeness (QED) is 0.489. The van der Waals surface area contributed by atoms with E-state index < -0.39 is 0 Å². The number of rotatable bonds is 3. The Morgan fingerprint density at radius 3 is 2.77 bits per heavy atom. The van der Waals surface area contributed by atoms with Crippen molar-refractivity contribution in [2.75, 3.05) is 11.9 Å². The molecule has 1 aliphatic carbocycles. The van der Waals surface area contributed by atoms with Gasteiger partial charge in [-0.25, -0.2) is 9.97 Å². The summed E-state index contributed by atoms with van der Waals surface area (Å²) in [5, 5.41) is 9.15. The molecule has 4 heterocycles. The number of para-hydroxylation sites is 1. The van der Waals surface area contributed by atoms with E-state index in [1.165, 1.54) is 47.7 Å². The van der Waals surface area contributed by atoms with Crippen molar-refractivity contribution in [1.82, 2.24) is 24.8 Å². The third-order valence-corrected chi connectivity index (χ3v) is 7.01. The lowest BCUT2D eigenvalue weighted by atomic mass is 9.87. The first-order valence-electron chi connectivity index (χ1n) is 11.5. The van der Waals surface area contributed by atoms with Crippen LogP contribution in [0.2, 0.25) is 0 Å². The molecular formula is C25H28N6. The monoisotopic (exact) mass is 412 g/mol. The molecule has 1 fully saturated rings. The smallest absolute Gasteiger partial charge is 0.230 e. The van der Waals surface area contributed by atoms with Gasteiger partial charge in [0, 0.05) is 35.8 Å². The molecule has 0 radical (unpaired) electrons. The van der Waals surface area contributed by atoms with E-state index >= 15 is 0 Å². The van der Waals surface area contributed by atoms with Crippen LogP contribution in [0.25, 0.3) is 21.9 Å². The molecule has 1 saturated carbocycles. The zero-order valence-corrected chi connectivity index (χ0v) is 17.9. The van der Waals surface area contributed by atoms with Crippen LogP contribution >= 0.6 is 0 Å². The number of pyridine rings is 1. The van der Waals surface area contributed by atoms with Crippen molar-refractivity contribution >= 4 is 33.7 Å². The predicted molar refractivity (Wildman–Crippen MR) is 125 cm³/mol. The Labute approximate surface area is 182 Å². The molecule has 0 amide bonds. The first-order chi connectivity index (χ1) is 15.3. The summed E-state index contributed by atoms with van der Waals surface area (Å²) >= 11 is 0. The van der Waals surface area contributed by atoms with Crippen molar-refractivity contribution in [1.29, 1.82) is 0 Å². The van der Waals surface area contributed by atoms with Crippen LogP contribution in [0.15, 0.2) is 42.7 Å². The summed E-state index contributed by atoms with van der Waals surface area (Å²) in [5.74, 6) is 2.23. The van der Waals surface area contributed by atoms with E-state index in [0.717, 1.165) is 42.3 Å². The van der Waals surface area contributed by atoms with Crippen molar-refractivity contribution < 1.29 is 0 Å². The molecular weight excluding hydrogens is 384 g/mol. The van der Waals surface area contributed by atoms with E-state index in [1.54, 1.807) is 0 Å². The maximum Gasteiger partial charge on any atom is 0.230 e. The van der Waals surface area contributed by atoms with Crippen LogP contribution < -0.4 is 10.6 Å². The van der Waals surface area contributed by atoms with Crippen LogP contribution in [0.1, 0.15) is 49.8 Å². The van der Waals surface area contributed by atoms with E-state index in [1.807, 2.05) is 12.4 Å². The summed E-state index contributed by atoms with van der Waals surface area (Å²) in [6, 6.07) is 11.3. The number of nitrogens with one attached hydrogen (secondary N) is 2. The zero-order chi connectivity index (χ0) is 20.8. The van der Waals surface area contributed by atoms with E-state index in [9.17, 15) is 0 Å². The first-order valence-corrected chi connectivity index (χ1v) is 11.5. The highest BCUT2D eigenvalue weighted by molar-refractivity contribution is 6.06. The molecule has 0 atom stereocenters. The fraction of sp³-hybridized carbons (Fsp3) is 0.400. The Kier molecular flexibility index (Phi) is 4.60. The minimum absolute atomic E-state index is 0.495. The van der Waals surface area contributed by atoms with Gasteiger partial charge in [-0.05, 0) is 67.8 Å². The Morgan fingerprint density at radius 1 is 1.00 bits per heavy atom. The Hall–Kier alpha value is -2.99. The maximum atomic E-state index is 5.00. The Morgan fingerprint density at radius 2 is 1.87 bits per heavy atom. The third-order valence-electron chi connectivity index (χ3n) is 7.01. The highest BCUT2D eigenvalue weighted by Crippen LogP contribution is 2.38. The van der Waals surface area contributed by atoms with Crippen molar-refractivity contribution in [2.45, 2.75) is 51.6 Å². The summed E-state index contributed by atoms with van der Waals surface area (Å²) in [4.78, 5) is 14.2. The van der Waals surface area contributed by atoms with Crippen LogP contribution in [0.3, 0.4) is 0 Å². The SMILES string of the molecule is C[C@H]1CC[C@H](n2c3ccccc3c3cnc(Nc4cc5c(cn4)CCNC5)nc32)CC1. The Bertz CT molecular complexity index is 1250. The molecule has 0 saturated heterocycles. The standard InChI is InChI=1S/C25H28N6/c1-16-6-8-19(9-7-16)31-22-5-3-2-4-20(22)21-15-28-25(30-24(21)31)29-23-12-18-13-26-11-10-17(18)14-27-23/h2-5,12,14-16,19,26H,6-11,13H2,1H3,(H,27,28,29,30)/t16-,19-. The van der Waals surface area contributed by atoms with Gasteiger partial charge in [0.2, 0.25) is 5.95 Å². The largest absolute Gasteiger partial charge is 0.322 e. The number of aromatic nitrogens is 4. The fourth-order valence-electron chi connectivity index (χ4n) is 5.25. The number of benzene rings is 1. The van der Waals surface area contributed by atoms with E-state index in [-0.39, 0.29) is 0 Å². The average Bonchev–Trinajstić information content (AvgIpc) is 3.13. The normalized spacial score (nSPS) is 21.3. The van der Waals surface area contributed by atoms with Crippen LogP contribution in [0.4, 0.5) is 11.8 Å². The van der Waals surface area contributed by atoms with Gasteiger partial charge in [-0.3, -0.25) is 0 Å². The maximum absolute atomic E-state index is 5.00. The Balaban J connectivity index is 1.41. The molecule has 2 aliphatic rings. The van der Waals surface area contributed by atoms with Crippen molar-refractivity contribution in [2.24, 2.45) is 5.92 Å². The number of fused-ring (bicyclic) bond motifs is 4. The van der Waals surface area contributed by atoms with Crippen LogP contribution in [-0.4, -0.2) is 26.1 Å². The molecule has 1 aromatic carbocycles. The van der Waals surface area contributed by atoms with Gasteiger partial charge in [0.25, 0.3) is 0 Å². The molecule has 31 heavy (non-hydrogen) atoms. The molecule has 4 aromatic rings. The minimum atomic E-state index is 0.495. The second-order valence-corrected chi connectivity index (χ2v) is 9.12. The first kappa shape index (κ1) is 18.8. The molecule has 158 valence electrons. The molecule has 0 spiro atoms. The van der Waals surface area contributed by atoms with Crippen molar-refractivity contribution in [3.8, 4) is 0 Å². The second kappa shape index (κ2) is 7.61. The summed E-state index contributed by atoms with van der Waals surface area (Å²) in [6.07, 6.45) is 9.96. The van der Waals surface area contributed by atoms with E-state index in [2.05, 4.69) is 62.4 Å². The number of anilines is 2. The number of nitrogens with zero attached hydrogens (tertiary/aromatic N) is 4. The summed E-state index contributed by atoms with van der Waals surface area (Å²) in [7, 11) is 0. The summed E-state index contributed by atoms with van der Waals surface area (Å²) < 4.78 is 2.47. The molecule has 3 aromatic heterocycles. The van der Waals surface area contributed by atoms with Crippen LogP contribution in [-0.2, 0) is 13.0 Å². The molecule has 0 bridgehead atoms. The van der Waals surface area contributed by atoms with Gasteiger partial charge in [0.1, 0.15) is 11.5 Å². The second-order valence-electron chi connectivity index (χ2n) is 9.12. The van der Waals surface area contributed by atoms with Crippen LogP contribution in [0, 0.1) is 5.92 Å². The van der Waals surface area contributed by atoms with Crippen molar-refractivity contribution in [3.63, 3.8) is 0 Å². The van der Waals surface area contributed by atoms with Crippen LogP contribution in [0.5, 0.6) is 0 Å². The number of hydrogen-bond acceptors (Lipinski definition) is 5. The summed E-state index contributed by atoms with van der Waals surface area (Å²) in [6.45, 7) is 4.28. The van der Waals surface area contributed by atoms with Gasteiger partial charge in [-0.15, -0.1) is 0 Å². The van der Waals surface area contributed by atoms with Gasteiger partial charge in [0.05, 0.1) is 5.52 Å². The summed E-state index contributed by atoms with van der Waals surface area (Å²) in [5.41, 5.74) is 4.92. The lowest BCUT2D eigenvalue weighted by Gasteiger charge is -2.28. The van der Waals surface area contributed by atoms with Gasteiger partial charge < -0.3 is 15.2 Å². The van der Waals surface area contributed by atoms with Gasteiger partial charge in [-0.1, -0.05) is 25.1 Å².